The van der Waals surface area contributed by atoms with E-state index >= 15 is 0 Å². The third kappa shape index (κ3) is 7.69. The zero-order chi connectivity index (χ0) is 24.8. The van der Waals surface area contributed by atoms with Gasteiger partial charge < -0.3 is 23.8 Å². The Labute approximate surface area is 181 Å². The van der Waals surface area contributed by atoms with Crippen molar-refractivity contribution in [3.05, 3.63) is 38.9 Å². The summed E-state index contributed by atoms with van der Waals surface area (Å²) in [6.45, 7) is 0.0179. The van der Waals surface area contributed by atoms with Crippen LogP contribution in [0.2, 0.25) is 0 Å². The predicted octanol–water partition coefficient (Wildman–Crippen LogP) is 3.62. The number of carbonyl (C=O) groups excluding carboxylic acids is 1. The Morgan fingerprint density at radius 3 is 2.36 bits per heavy atom. The number of esters is 1. The SMILES string of the molecule is CCc1cc(OC(F)(F)F)cc2c1O[C@H](C(F)(F)F)C(C(=O)OCCOCCO[N+](=O)[O-])=C2. The van der Waals surface area contributed by atoms with E-state index in [4.69, 9.17) is 14.2 Å². The summed E-state index contributed by atoms with van der Waals surface area (Å²) in [7, 11) is 0. The minimum absolute atomic E-state index is 0.00927. The number of carbonyl (C=O) groups is 1. The molecular weight excluding hydrogens is 472 g/mol. The van der Waals surface area contributed by atoms with Crippen molar-refractivity contribution in [2.75, 3.05) is 26.4 Å². The molecule has 0 radical (unpaired) electrons. The maximum Gasteiger partial charge on any atom is 0.573 e. The van der Waals surface area contributed by atoms with E-state index in [0.29, 0.717) is 0 Å². The van der Waals surface area contributed by atoms with Crippen molar-refractivity contribution in [2.24, 2.45) is 0 Å². The van der Waals surface area contributed by atoms with Crippen molar-refractivity contribution in [1.82, 2.24) is 0 Å². The van der Waals surface area contributed by atoms with Gasteiger partial charge in [-0.3, -0.25) is 0 Å². The van der Waals surface area contributed by atoms with Crippen molar-refractivity contribution in [1.29, 1.82) is 0 Å². The van der Waals surface area contributed by atoms with Crippen LogP contribution in [0.15, 0.2) is 17.7 Å². The average Bonchev–Trinajstić information content (AvgIpc) is 2.69. The van der Waals surface area contributed by atoms with Crippen molar-refractivity contribution in [3.63, 3.8) is 0 Å². The molecule has 0 spiro atoms. The molecule has 15 heteroatoms. The lowest BCUT2D eigenvalue weighted by Gasteiger charge is -2.29. The number of nitrogens with zero attached hydrogens (tertiary/aromatic N) is 1. The Hall–Kier alpha value is -3.23. The lowest BCUT2D eigenvalue weighted by molar-refractivity contribution is -0.758. The topological polar surface area (TPSA) is 106 Å². The maximum atomic E-state index is 13.5. The first-order chi connectivity index (χ1) is 15.3. The number of aryl methyl sites for hydroxylation is 1. The molecule has 0 aliphatic carbocycles. The Balaban J connectivity index is 2.20. The summed E-state index contributed by atoms with van der Waals surface area (Å²) in [6, 6.07) is 1.69. The van der Waals surface area contributed by atoms with Crippen molar-refractivity contribution < 1.29 is 60.0 Å². The normalized spacial score (nSPS) is 15.7. The van der Waals surface area contributed by atoms with Crippen LogP contribution in [-0.2, 0) is 25.5 Å². The van der Waals surface area contributed by atoms with Gasteiger partial charge in [0.2, 0.25) is 6.10 Å². The standard InChI is InChI=1S/C18H17F6NO8/c1-2-10-7-12(33-18(22,23)24)8-11-9-13(15(17(19,20)21)32-14(10)11)16(26)30-5-3-29-4-6-31-25(27)28/h7-9,15H,2-6H2,1H3/t15-/m0/s1. The van der Waals surface area contributed by atoms with E-state index in [2.05, 4.69) is 9.57 Å². The fourth-order valence-electron chi connectivity index (χ4n) is 2.77. The number of benzene rings is 1. The molecule has 0 saturated carbocycles. The van der Waals surface area contributed by atoms with E-state index in [1.165, 1.54) is 6.92 Å². The molecule has 0 aromatic heterocycles. The first-order valence-electron chi connectivity index (χ1n) is 9.21. The highest BCUT2D eigenvalue weighted by atomic mass is 19.4. The van der Waals surface area contributed by atoms with Gasteiger partial charge in [0.15, 0.2) is 0 Å². The average molecular weight is 489 g/mol. The molecule has 1 heterocycles. The number of fused-ring (bicyclic) bond motifs is 1. The summed E-state index contributed by atoms with van der Waals surface area (Å²) in [5, 5.41) is 8.91. The zero-order valence-electron chi connectivity index (χ0n) is 16.8. The second-order valence-corrected chi connectivity index (χ2v) is 6.35. The number of alkyl halides is 6. The van der Waals surface area contributed by atoms with Gasteiger partial charge in [-0.2, -0.15) is 13.2 Å². The monoisotopic (exact) mass is 489 g/mol. The minimum atomic E-state index is -5.04. The molecule has 1 atom stereocenters. The highest BCUT2D eigenvalue weighted by molar-refractivity contribution is 5.96. The Bertz CT molecular complexity index is 899. The molecule has 0 N–H and O–H groups in total. The molecule has 0 saturated heterocycles. The van der Waals surface area contributed by atoms with Gasteiger partial charge in [-0.1, -0.05) is 6.92 Å². The molecule has 33 heavy (non-hydrogen) atoms. The van der Waals surface area contributed by atoms with E-state index in [1.54, 1.807) is 0 Å². The second kappa shape index (κ2) is 10.6. The lowest BCUT2D eigenvalue weighted by Crippen LogP contribution is -2.41. The van der Waals surface area contributed by atoms with Gasteiger partial charge >= 0.3 is 18.5 Å². The summed E-state index contributed by atoms with van der Waals surface area (Å²) in [5.74, 6) is -2.46. The highest BCUT2D eigenvalue weighted by Crippen LogP contribution is 2.42. The van der Waals surface area contributed by atoms with E-state index in [9.17, 15) is 41.3 Å². The van der Waals surface area contributed by atoms with Crippen LogP contribution in [-0.4, -0.2) is 56.1 Å². The first kappa shape index (κ1) is 26.0. The maximum absolute atomic E-state index is 13.5. The van der Waals surface area contributed by atoms with Crippen LogP contribution in [0.3, 0.4) is 0 Å². The molecule has 1 aliphatic heterocycles. The number of halogens is 6. The van der Waals surface area contributed by atoms with Crippen molar-refractivity contribution >= 4 is 12.0 Å². The Morgan fingerprint density at radius 2 is 1.79 bits per heavy atom. The van der Waals surface area contributed by atoms with Crippen molar-refractivity contribution in [2.45, 2.75) is 32.0 Å². The molecule has 1 aromatic rings. The third-order valence-corrected chi connectivity index (χ3v) is 4.03. The smallest absolute Gasteiger partial charge is 0.475 e. The van der Waals surface area contributed by atoms with Gasteiger partial charge in [-0.25, -0.2) is 4.79 Å². The van der Waals surface area contributed by atoms with Crippen LogP contribution >= 0.6 is 0 Å². The number of rotatable bonds is 10. The van der Waals surface area contributed by atoms with Crippen LogP contribution in [0, 0.1) is 10.1 Å². The molecule has 0 fully saturated rings. The molecule has 184 valence electrons. The summed E-state index contributed by atoms with van der Waals surface area (Å²) in [4.78, 5) is 26.2. The van der Waals surface area contributed by atoms with E-state index < -0.39 is 54.2 Å². The number of hydrogen-bond acceptors (Lipinski definition) is 8. The molecule has 9 nitrogen and oxygen atoms in total. The summed E-state index contributed by atoms with van der Waals surface area (Å²) < 4.78 is 96.7. The van der Waals surface area contributed by atoms with Gasteiger partial charge in [0.05, 0.1) is 18.8 Å². The third-order valence-electron chi connectivity index (χ3n) is 4.03. The Morgan fingerprint density at radius 1 is 1.12 bits per heavy atom. The van der Waals surface area contributed by atoms with Crippen LogP contribution < -0.4 is 9.47 Å². The summed E-state index contributed by atoms with van der Waals surface area (Å²) in [6.07, 6.45) is -12.0. The quantitative estimate of drug-likeness (QED) is 0.161. The van der Waals surface area contributed by atoms with Gasteiger partial charge in [0.1, 0.15) is 24.7 Å². The molecule has 0 amide bonds. The lowest BCUT2D eigenvalue weighted by atomic mass is 9.97. The summed E-state index contributed by atoms with van der Waals surface area (Å²) >= 11 is 0. The first-order valence-corrected chi connectivity index (χ1v) is 9.21. The van der Waals surface area contributed by atoms with Crippen molar-refractivity contribution in [3.8, 4) is 11.5 Å². The summed E-state index contributed by atoms with van der Waals surface area (Å²) in [5.41, 5.74) is -1.21. The van der Waals surface area contributed by atoms with Gasteiger partial charge in [-0.05, 0) is 30.2 Å². The molecule has 0 unspecified atom stereocenters. The Kier molecular flexibility index (Phi) is 8.35. The van der Waals surface area contributed by atoms with Gasteiger partial charge in [0, 0.05) is 5.56 Å². The van der Waals surface area contributed by atoms with Crippen LogP contribution in [0.1, 0.15) is 18.1 Å². The van der Waals surface area contributed by atoms with Crippen LogP contribution in [0.4, 0.5) is 26.3 Å². The minimum Gasteiger partial charge on any atom is -0.475 e. The van der Waals surface area contributed by atoms with E-state index in [1.807, 2.05) is 0 Å². The predicted molar refractivity (Wildman–Crippen MR) is 95.7 cm³/mol. The molecule has 1 aliphatic rings. The van der Waals surface area contributed by atoms with Gasteiger partial charge in [0.25, 0.3) is 5.09 Å². The fourth-order valence-corrected chi connectivity index (χ4v) is 2.77. The van der Waals surface area contributed by atoms with Crippen LogP contribution in [0.25, 0.3) is 6.08 Å². The number of ether oxygens (including phenoxy) is 4. The van der Waals surface area contributed by atoms with E-state index in [-0.39, 0.29) is 36.5 Å². The molecular formula is C18H17F6NO8. The largest absolute Gasteiger partial charge is 0.573 e. The van der Waals surface area contributed by atoms with Gasteiger partial charge in [-0.15, -0.1) is 23.3 Å². The molecule has 1 aromatic carbocycles. The fraction of sp³-hybridized carbons (Fsp3) is 0.500. The van der Waals surface area contributed by atoms with E-state index in [0.717, 1.165) is 18.2 Å². The number of hydrogen-bond donors (Lipinski definition) is 0. The molecule has 0 bridgehead atoms. The van der Waals surface area contributed by atoms with Crippen LogP contribution in [0.5, 0.6) is 11.5 Å². The zero-order valence-corrected chi connectivity index (χ0v) is 16.8. The highest BCUT2D eigenvalue weighted by Gasteiger charge is 2.49. The second-order valence-electron chi connectivity index (χ2n) is 6.35. The molecule has 2 rings (SSSR count).